The zero-order chi connectivity index (χ0) is 62.3. The third kappa shape index (κ3) is 42.7. The molecule has 27 heteroatoms. The number of nitrogens with one attached hydrogen (secondary N) is 6. The summed E-state index contributed by atoms with van der Waals surface area (Å²) < 4.78 is 75.7. The first kappa shape index (κ1) is 74.5. The van der Waals surface area contributed by atoms with E-state index >= 15 is 0 Å². The maximum Gasteiger partial charge on any atom is 0.408 e. The van der Waals surface area contributed by atoms with Gasteiger partial charge in [0.1, 0.15) is 31.8 Å². The van der Waals surface area contributed by atoms with Crippen LogP contribution in [0.3, 0.4) is 0 Å². The molecular weight excluding hydrogens is 1140 g/mol. The fraction of sp³-hybridized carbons (Fsp3) is 0.583. The first-order valence-corrected chi connectivity index (χ1v) is 29.1. The van der Waals surface area contributed by atoms with Crippen LogP contribution in [-0.2, 0) is 115 Å². The highest BCUT2D eigenvalue weighted by Gasteiger charge is 2.25. The molecule has 0 aliphatic carbocycles. The Labute approximate surface area is 509 Å². The molecule has 3 rings (SSSR count). The number of alkyl carbamates (subject to hydrolysis) is 1. The largest absolute Gasteiger partial charge is 0.460 e. The fourth-order valence-electron chi connectivity index (χ4n) is 7.15. The predicted molar refractivity (Wildman–Crippen MR) is 314 cm³/mol. The van der Waals surface area contributed by atoms with Crippen molar-refractivity contribution in [3.8, 4) is 0 Å². The van der Waals surface area contributed by atoms with Crippen molar-refractivity contribution in [2.24, 2.45) is 0 Å². The van der Waals surface area contributed by atoms with Gasteiger partial charge in [-0.05, 0) is 23.1 Å². The highest BCUT2D eigenvalue weighted by atomic mass is 16.6. The van der Waals surface area contributed by atoms with Crippen molar-refractivity contribution < 1.29 is 99.9 Å². The van der Waals surface area contributed by atoms with E-state index < -0.39 is 73.3 Å². The summed E-state index contributed by atoms with van der Waals surface area (Å²) in [6.45, 7) is 8.49. The van der Waals surface area contributed by atoms with E-state index in [1.807, 2.05) is 6.07 Å². The summed E-state index contributed by atoms with van der Waals surface area (Å²) in [6, 6.07) is 24.3. The second-order valence-corrected chi connectivity index (χ2v) is 18.5. The smallest absolute Gasteiger partial charge is 0.408 e. The van der Waals surface area contributed by atoms with Gasteiger partial charge in [-0.1, -0.05) is 91.0 Å². The first-order chi connectivity index (χ1) is 42.6. The third-order valence-corrected chi connectivity index (χ3v) is 11.7. The molecule has 0 saturated carbocycles. The zero-order valence-corrected chi connectivity index (χ0v) is 50.0. The Bertz CT molecular complexity index is 2260. The lowest BCUT2D eigenvalue weighted by Gasteiger charge is -2.19. The van der Waals surface area contributed by atoms with Gasteiger partial charge in [0.05, 0.1) is 165 Å². The van der Waals surface area contributed by atoms with Gasteiger partial charge in [0.25, 0.3) is 0 Å². The van der Waals surface area contributed by atoms with E-state index in [4.69, 9.17) is 66.3 Å². The molecule has 27 nitrogen and oxygen atoms in total. The number of rotatable bonds is 55. The normalized spacial score (nSPS) is 11.7. The quantitative estimate of drug-likeness (QED) is 0.0337. The van der Waals surface area contributed by atoms with E-state index in [1.54, 1.807) is 92.0 Å². The molecule has 0 saturated heterocycles. The SMILES string of the molecule is COCCOCCOCCOCCOCCOCCOCCOCCOCCOCCOCCOCCNC(=O)CC[C@H](NC(=O)OCc1ccccc1)C(=O)NCC(=O)NCC(=O)N[C@@H](Cc1ccccc1)C(=O)NCC(=O)OCc1ccccc1. The molecule has 0 spiro atoms. The van der Waals surface area contributed by atoms with Crippen LogP contribution < -0.4 is 31.9 Å². The number of ether oxygens (including phenoxy) is 14. The van der Waals surface area contributed by atoms with Crippen LogP contribution in [-0.4, -0.2) is 239 Å². The molecule has 87 heavy (non-hydrogen) atoms. The fourth-order valence-corrected chi connectivity index (χ4v) is 7.15. The van der Waals surface area contributed by atoms with Crippen LogP contribution in [0.5, 0.6) is 0 Å². The molecule has 3 aromatic carbocycles. The molecule has 0 aromatic heterocycles. The summed E-state index contributed by atoms with van der Waals surface area (Å²) in [7, 11) is 1.63. The van der Waals surface area contributed by atoms with Crippen LogP contribution in [0.25, 0.3) is 0 Å². The van der Waals surface area contributed by atoms with Gasteiger partial charge in [-0.15, -0.1) is 0 Å². The van der Waals surface area contributed by atoms with Crippen LogP contribution in [0, 0.1) is 0 Å². The number of carbonyl (C=O) groups excluding carboxylic acids is 7. The Morgan fingerprint density at radius 1 is 0.356 bits per heavy atom. The van der Waals surface area contributed by atoms with Crippen molar-refractivity contribution in [1.29, 1.82) is 0 Å². The lowest BCUT2D eigenvalue weighted by molar-refractivity contribution is -0.145. The maximum absolute atomic E-state index is 13.3. The summed E-state index contributed by atoms with van der Waals surface area (Å²) in [5.74, 6) is -4.06. The van der Waals surface area contributed by atoms with Crippen LogP contribution in [0.2, 0.25) is 0 Å². The molecule has 0 aliphatic rings. The predicted octanol–water partition coefficient (Wildman–Crippen LogP) is 0.826. The lowest BCUT2D eigenvalue weighted by Crippen LogP contribution is -2.52. The molecule has 0 heterocycles. The first-order valence-electron chi connectivity index (χ1n) is 29.1. The Kier molecular flexibility index (Phi) is 44.9. The minimum Gasteiger partial charge on any atom is -0.460 e. The lowest BCUT2D eigenvalue weighted by atomic mass is 10.1. The second-order valence-electron chi connectivity index (χ2n) is 18.5. The standard InChI is InChI=1S/C60H90N6O21/c1-74-21-22-76-25-26-78-29-30-80-33-34-82-37-38-84-41-42-85-40-39-83-36-35-81-32-31-79-28-27-77-24-23-75-20-19-61-54(67)18-17-52(66-60(73)87-48-51-15-9-4-10-16-51)58(71)63-44-55(68)62-45-56(69)65-53(43-49-11-5-2-6-12-49)59(72)64-46-57(70)86-47-50-13-7-3-8-14-50/h2-16,52-53H,17-48H2,1H3,(H,61,67)(H,62,68)(H,63,71)(H,64,72)(H,65,69)(H,66,73)/t52-,53-/m0/s1. The second kappa shape index (κ2) is 52.4. The number of hydrogen-bond donors (Lipinski definition) is 6. The van der Waals surface area contributed by atoms with E-state index in [2.05, 4.69) is 31.9 Å². The molecule has 3 aromatic rings. The van der Waals surface area contributed by atoms with Crippen LogP contribution in [0.15, 0.2) is 91.0 Å². The summed E-state index contributed by atoms with van der Waals surface area (Å²) in [4.78, 5) is 90.3. The van der Waals surface area contributed by atoms with Gasteiger partial charge in [0, 0.05) is 26.5 Å². The highest BCUT2D eigenvalue weighted by molar-refractivity contribution is 5.93. The average molecular weight is 1230 g/mol. The van der Waals surface area contributed by atoms with Crippen molar-refractivity contribution in [3.63, 3.8) is 0 Å². The van der Waals surface area contributed by atoms with Gasteiger partial charge in [-0.3, -0.25) is 28.8 Å². The number of esters is 1. The summed E-state index contributed by atoms with van der Waals surface area (Å²) in [5, 5.41) is 15.0. The van der Waals surface area contributed by atoms with E-state index in [-0.39, 0.29) is 52.2 Å². The molecule has 486 valence electrons. The summed E-state index contributed by atoms with van der Waals surface area (Å²) in [6.07, 6.45) is -1.21. The molecular formula is C60H90N6O21. The molecule has 0 fully saturated rings. The zero-order valence-electron chi connectivity index (χ0n) is 50.0. The highest BCUT2D eigenvalue weighted by Crippen LogP contribution is 2.06. The molecule has 0 radical (unpaired) electrons. The molecule has 0 unspecified atom stereocenters. The molecule has 6 amide bonds. The minimum atomic E-state index is -1.29. The van der Waals surface area contributed by atoms with Gasteiger partial charge in [-0.25, -0.2) is 4.79 Å². The van der Waals surface area contributed by atoms with Crippen LogP contribution >= 0.6 is 0 Å². The number of methoxy groups -OCH3 is 1. The number of benzene rings is 3. The van der Waals surface area contributed by atoms with E-state index in [0.29, 0.717) is 144 Å². The minimum absolute atomic E-state index is 0.0177. The van der Waals surface area contributed by atoms with Gasteiger partial charge in [0.2, 0.25) is 29.5 Å². The van der Waals surface area contributed by atoms with Crippen molar-refractivity contribution in [2.75, 3.05) is 185 Å². The molecule has 0 bridgehead atoms. The Morgan fingerprint density at radius 3 is 1.16 bits per heavy atom. The third-order valence-electron chi connectivity index (χ3n) is 11.7. The van der Waals surface area contributed by atoms with Crippen molar-refractivity contribution in [2.45, 2.75) is 44.6 Å². The van der Waals surface area contributed by atoms with Crippen molar-refractivity contribution >= 4 is 41.6 Å². The van der Waals surface area contributed by atoms with Gasteiger partial charge in [0.15, 0.2) is 0 Å². The Hall–Kier alpha value is -6.73. The molecule has 0 aliphatic heterocycles. The van der Waals surface area contributed by atoms with E-state index in [1.165, 1.54) is 0 Å². The summed E-state index contributed by atoms with van der Waals surface area (Å²) >= 11 is 0. The van der Waals surface area contributed by atoms with E-state index in [9.17, 15) is 33.6 Å². The average Bonchev–Trinajstić information content (AvgIpc) is 3.72. The number of amides is 6. The number of carbonyl (C=O) groups is 7. The topological polar surface area (TPSA) is 321 Å². The van der Waals surface area contributed by atoms with Gasteiger partial charge < -0.3 is 98.2 Å². The van der Waals surface area contributed by atoms with E-state index in [0.717, 1.165) is 11.1 Å². The van der Waals surface area contributed by atoms with Crippen molar-refractivity contribution in [1.82, 2.24) is 31.9 Å². The Morgan fingerprint density at radius 2 is 0.724 bits per heavy atom. The van der Waals surface area contributed by atoms with Gasteiger partial charge >= 0.3 is 12.1 Å². The number of hydrogen-bond acceptors (Lipinski definition) is 21. The molecule has 2 atom stereocenters. The van der Waals surface area contributed by atoms with Crippen molar-refractivity contribution in [3.05, 3.63) is 108 Å². The Balaban J connectivity index is 1.19. The maximum atomic E-state index is 13.3. The molecule has 6 N–H and O–H groups in total. The monoisotopic (exact) mass is 1230 g/mol. The van der Waals surface area contributed by atoms with Crippen LogP contribution in [0.1, 0.15) is 29.5 Å². The van der Waals surface area contributed by atoms with Gasteiger partial charge in [-0.2, -0.15) is 0 Å². The van der Waals surface area contributed by atoms with Crippen LogP contribution in [0.4, 0.5) is 4.79 Å². The summed E-state index contributed by atoms with van der Waals surface area (Å²) in [5.41, 5.74) is 2.19.